The number of benzene rings is 1. The van der Waals surface area contributed by atoms with Crippen molar-refractivity contribution < 1.29 is 4.74 Å². The third-order valence-corrected chi connectivity index (χ3v) is 4.01. The minimum atomic E-state index is 0.216. The van der Waals surface area contributed by atoms with Gasteiger partial charge in [0.15, 0.2) is 0 Å². The highest BCUT2D eigenvalue weighted by Crippen LogP contribution is 2.28. The average molecular weight is 248 g/mol. The molecular formula is C15H24N2O. The summed E-state index contributed by atoms with van der Waals surface area (Å²) < 4.78 is 5.34. The molecule has 1 aliphatic rings. The minimum absolute atomic E-state index is 0.216. The maximum atomic E-state index is 5.34. The molecule has 0 spiro atoms. The largest absolute Gasteiger partial charge is 0.497 e. The lowest BCUT2D eigenvalue weighted by atomic mass is 9.95. The molecule has 100 valence electrons. The summed E-state index contributed by atoms with van der Waals surface area (Å²) in [5, 5.41) is 3.62. The Morgan fingerprint density at radius 2 is 2.22 bits per heavy atom. The van der Waals surface area contributed by atoms with E-state index < -0.39 is 0 Å². The summed E-state index contributed by atoms with van der Waals surface area (Å²) in [6, 6.07) is 6.32. The average Bonchev–Trinajstić information content (AvgIpc) is 2.39. The van der Waals surface area contributed by atoms with Crippen molar-refractivity contribution in [1.82, 2.24) is 5.32 Å². The molecule has 2 rings (SSSR count). The van der Waals surface area contributed by atoms with Crippen LogP contribution in [0.4, 0.5) is 5.69 Å². The van der Waals surface area contributed by atoms with Gasteiger partial charge in [0.1, 0.15) is 5.75 Å². The summed E-state index contributed by atoms with van der Waals surface area (Å²) in [4.78, 5) is 2.47. The molecule has 0 aromatic heterocycles. The van der Waals surface area contributed by atoms with Crippen molar-refractivity contribution in [2.75, 3.05) is 31.6 Å². The molecule has 0 amide bonds. The first-order chi connectivity index (χ1) is 8.58. The van der Waals surface area contributed by atoms with Crippen LogP contribution in [0.3, 0.4) is 0 Å². The molecule has 3 heteroatoms. The van der Waals surface area contributed by atoms with Crippen LogP contribution in [0.2, 0.25) is 0 Å². The van der Waals surface area contributed by atoms with Crippen molar-refractivity contribution in [3.63, 3.8) is 0 Å². The van der Waals surface area contributed by atoms with Gasteiger partial charge in [0.05, 0.1) is 7.11 Å². The van der Waals surface area contributed by atoms with E-state index in [1.54, 1.807) is 7.11 Å². The zero-order valence-electron chi connectivity index (χ0n) is 11.9. The zero-order chi connectivity index (χ0) is 13.2. The topological polar surface area (TPSA) is 24.5 Å². The Hall–Kier alpha value is -1.22. The number of hydrogen-bond donors (Lipinski definition) is 1. The molecule has 0 aliphatic carbocycles. The van der Waals surface area contributed by atoms with Gasteiger partial charge in [-0.2, -0.15) is 0 Å². The van der Waals surface area contributed by atoms with Crippen molar-refractivity contribution in [2.24, 2.45) is 0 Å². The third kappa shape index (κ3) is 2.61. The molecule has 1 aromatic carbocycles. The van der Waals surface area contributed by atoms with Gasteiger partial charge in [0.25, 0.3) is 0 Å². The van der Waals surface area contributed by atoms with Gasteiger partial charge in [-0.15, -0.1) is 0 Å². The Kier molecular flexibility index (Phi) is 3.81. The van der Waals surface area contributed by atoms with Crippen LogP contribution in [0.15, 0.2) is 18.2 Å². The normalized spacial score (nSPS) is 24.1. The first-order valence-electron chi connectivity index (χ1n) is 6.72. The van der Waals surface area contributed by atoms with E-state index in [-0.39, 0.29) is 5.54 Å². The quantitative estimate of drug-likeness (QED) is 0.890. The van der Waals surface area contributed by atoms with Crippen molar-refractivity contribution in [3.8, 4) is 5.75 Å². The number of aryl methyl sites for hydroxylation is 1. The lowest BCUT2D eigenvalue weighted by molar-refractivity contribution is 0.313. The van der Waals surface area contributed by atoms with E-state index >= 15 is 0 Å². The molecule has 1 aromatic rings. The molecule has 0 saturated carbocycles. The number of piperazine rings is 1. The van der Waals surface area contributed by atoms with E-state index in [2.05, 4.69) is 43.1 Å². The highest BCUT2D eigenvalue weighted by Gasteiger charge is 2.29. The third-order valence-electron chi connectivity index (χ3n) is 4.01. The number of methoxy groups -OCH3 is 1. The Bertz CT molecular complexity index is 419. The van der Waals surface area contributed by atoms with Crippen molar-refractivity contribution in [3.05, 3.63) is 23.8 Å². The second-order valence-electron chi connectivity index (χ2n) is 5.41. The number of nitrogens with zero attached hydrogens (tertiary/aromatic N) is 1. The van der Waals surface area contributed by atoms with Gasteiger partial charge in [0, 0.05) is 36.9 Å². The lowest BCUT2D eigenvalue weighted by Gasteiger charge is -2.42. The van der Waals surface area contributed by atoms with Gasteiger partial charge in [-0.1, -0.05) is 13.0 Å². The molecule has 3 nitrogen and oxygen atoms in total. The summed E-state index contributed by atoms with van der Waals surface area (Å²) in [7, 11) is 1.72. The van der Waals surface area contributed by atoms with E-state index in [9.17, 15) is 0 Å². The molecule has 1 aliphatic heterocycles. The summed E-state index contributed by atoms with van der Waals surface area (Å²) in [5.74, 6) is 0.937. The van der Waals surface area contributed by atoms with Crippen LogP contribution in [0, 0.1) is 6.92 Å². The second kappa shape index (κ2) is 5.19. The number of anilines is 1. The van der Waals surface area contributed by atoms with Crippen LogP contribution in [0.1, 0.15) is 25.8 Å². The Morgan fingerprint density at radius 3 is 2.89 bits per heavy atom. The second-order valence-corrected chi connectivity index (χ2v) is 5.41. The molecule has 1 N–H and O–H groups in total. The maximum absolute atomic E-state index is 5.34. The number of rotatable bonds is 3. The van der Waals surface area contributed by atoms with Gasteiger partial charge < -0.3 is 15.0 Å². The summed E-state index contributed by atoms with van der Waals surface area (Å²) in [5.41, 5.74) is 2.83. The van der Waals surface area contributed by atoms with E-state index in [1.165, 1.54) is 11.3 Å². The molecule has 0 radical (unpaired) electrons. The molecule has 1 atom stereocenters. The fraction of sp³-hybridized carbons (Fsp3) is 0.600. The summed E-state index contributed by atoms with van der Waals surface area (Å²) >= 11 is 0. The fourth-order valence-corrected chi connectivity index (χ4v) is 2.55. The molecule has 0 bridgehead atoms. The molecule has 1 unspecified atom stereocenters. The monoisotopic (exact) mass is 248 g/mol. The van der Waals surface area contributed by atoms with Crippen molar-refractivity contribution in [2.45, 2.75) is 32.7 Å². The molecular weight excluding hydrogens is 224 g/mol. The highest BCUT2D eigenvalue weighted by molar-refractivity contribution is 5.57. The summed E-state index contributed by atoms with van der Waals surface area (Å²) in [6.45, 7) is 9.87. The Morgan fingerprint density at radius 1 is 1.44 bits per heavy atom. The summed E-state index contributed by atoms with van der Waals surface area (Å²) in [6.07, 6.45) is 1.15. The van der Waals surface area contributed by atoms with Gasteiger partial charge in [0.2, 0.25) is 0 Å². The van der Waals surface area contributed by atoms with Gasteiger partial charge in [-0.3, -0.25) is 0 Å². The molecule has 1 heterocycles. The van der Waals surface area contributed by atoms with Gasteiger partial charge >= 0.3 is 0 Å². The lowest BCUT2D eigenvalue weighted by Crippen LogP contribution is -2.58. The predicted molar refractivity (Wildman–Crippen MR) is 76.6 cm³/mol. The smallest absolute Gasteiger partial charge is 0.120 e. The van der Waals surface area contributed by atoms with E-state index in [0.29, 0.717) is 0 Å². The van der Waals surface area contributed by atoms with Crippen LogP contribution in [-0.2, 0) is 0 Å². The van der Waals surface area contributed by atoms with Crippen LogP contribution in [0.25, 0.3) is 0 Å². The fourth-order valence-electron chi connectivity index (χ4n) is 2.55. The van der Waals surface area contributed by atoms with Crippen molar-refractivity contribution in [1.29, 1.82) is 0 Å². The van der Waals surface area contributed by atoms with Crippen molar-refractivity contribution >= 4 is 5.69 Å². The van der Waals surface area contributed by atoms with Crippen LogP contribution >= 0.6 is 0 Å². The predicted octanol–water partition coefficient (Wildman–Crippen LogP) is 2.58. The number of nitrogens with one attached hydrogen (secondary N) is 1. The number of ether oxygens (including phenoxy) is 1. The van der Waals surface area contributed by atoms with Gasteiger partial charge in [-0.25, -0.2) is 0 Å². The number of hydrogen-bond acceptors (Lipinski definition) is 3. The maximum Gasteiger partial charge on any atom is 0.120 e. The van der Waals surface area contributed by atoms with Gasteiger partial charge in [-0.05, 0) is 31.9 Å². The molecule has 18 heavy (non-hydrogen) atoms. The SMILES string of the molecule is CCC1(C)CN(c2cc(OC)ccc2C)CCN1. The standard InChI is InChI=1S/C15H24N2O/c1-5-15(3)11-17(9-8-16-15)14-10-13(18-4)7-6-12(14)2/h6-7,10,16H,5,8-9,11H2,1-4H3. The highest BCUT2D eigenvalue weighted by atomic mass is 16.5. The Balaban J connectivity index is 2.25. The zero-order valence-corrected chi connectivity index (χ0v) is 11.9. The molecule has 1 saturated heterocycles. The van der Waals surface area contributed by atoms with Crippen LogP contribution < -0.4 is 15.0 Å². The minimum Gasteiger partial charge on any atom is -0.497 e. The van der Waals surface area contributed by atoms with E-state index in [0.717, 1.165) is 31.8 Å². The van der Waals surface area contributed by atoms with Crippen LogP contribution in [-0.4, -0.2) is 32.3 Å². The first-order valence-corrected chi connectivity index (χ1v) is 6.72. The molecule has 1 fully saturated rings. The van der Waals surface area contributed by atoms with E-state index in [4.69, 9.17) is 4.74 Å². The van der Waals surface area contributed by atoms with Crippen LogP contribution in [0.5, 0.6) is 5.75 Å². The van der Waals surface area contributed by atoms with E-state index in [1.807, 2.05) is 6.07 Å². The Labute approximate surface area is 110 Å². The first kappa shape index (κ1) is 13.2.